The zero-order chi connectivity index (χ0) is 11.8. The molecule has 2 heterocycles. The summed E-state index contributed by atoms with van der Waals surface area (Å²) < 4.78 is 0. The van der Waals surface area contributed by atoms with Gasteiger partial charge in [-0.05, 0) is 17.7 Å². The Kier molecular flexibility index (Phi) is 2.01. The molecule has 0 saturated heterocycles. The van der Waals surface area contributed by atoms with E-state index >= 15 is 0 Å². The van der Waals surface area contributed by atoms with Crippen LogP contribution in [0.5, 0.6) is 0 Å². The molecule has 0 unspecified atom stereocenters. The first kappa shape index (κ1) is 9.71. The number of aliphatic imine (C=N–C) groups is 2. The summed E-state index contributed by atoms with van der Waals surface area (Å²) in [5.41, 5.74) is 1.93. The topological polar surface area (TPSA) is 78.9 Å². The van der Waals surface area contributed by atoms with Crippen LogP contribution < -0.4 is 0 Å². The predicted octanol–water partition coefficient (Wildman–Crippen LogP) is 1.50. The van der Waals surface area contributed by atoms with E-state index in [1.54, 1.807) is 0 Å². The van der Waals surface area contributed by atoms with Crippen LogP contribution in [0.1, 0.15) is 11.1 Å². The molecule has 6 heteroatoms. The standard InChI is InChI=1S/C11H7N5O/c1-6-4-2-3-5-7(6)9-12-10-8(11(17)13-9)14-16-15-10/h2-5H,1H3. The Morgan fingerprint density at radius 1 is 1.06 bits per heavy atom. The molecule has 0 fully saturated rings. The molecular formula is C11H7N5O. The van der Waals surface area contributed by atoms with Crippen LogP contribution in [0.2, 0.25) is 0 Å². The molecule has 1 aromatic rings. The molecule has 17 heavy (non-hydrogen) atoms. The number of hydrogen-bond donors (Lipinski definition) is 0. The van der Waals surface area contributed by atoms with Gasteiger partial charge in [-0.25, -0.2) is 4.99 Å². The molecule has 6 nitrogen and oxygen atoms in total. The van der Waals surface area contributed by atoms with Crippen molar-refractivity contribution < 1.29 is 4.79 Å². The highest BCUT2D eigenvalue weighted by molar-refractivity contribution is 6.69. The highest BCUT2D eigenvalue weighted by Crippen LogP contribution is 2.15. The van der Waals surface area contributed by atoms with Crippen LogP contribution in [0, 0.1) is 6.92 Å². The van der Waals surface area contributed by atoms with Crippen molar-refractivity contribution in [1.29, 1.82) is 0 Å². The number of carbonyl (C=O) groups is 1. The number of amidine groups is 2. The molecule has 0 spiro atoms. The van der Waals surface area contributed by atoms with Gasteiger partial charge in [0.15, 0.2) is 5.84 Å². The molecule has 0 N–H and O–H groups in total. The number of benzene rings is 1. The third-order valence-electron chi connectivity index (χ3n) is 2.50. The quantitative estimate of drug-likeness (QED) is 0.713. The van der Waals surface area contributed by atoms with E-state index in [4.69, 9.17) is 0 Å². The molecule has 2 aliphatic rings. The highest BCUT2D eigenvalue weighted by Gasteiger charge is 2.28. The zero-order valence-electron chi connectivity index (χ0n) is 8.95. The molecule has 0 atom stereocenters. The van der Waals surface area contributed by atoms with Crippen molar-refractivity contribution in [3.63, 3.8) is 0 Å². The second-order valence-corrected chi connectivity index (χ2v) is 3.63. The number of nitrogens with zero attached hydrogens (tertiary/aromatic N) is 5. The van der Waals surface area contributed by atoms with Gasteiger partial charge < -0.3 is 0 Å². The number of fused-ring (bicyclic) bond motifs is 1. The van der Waals surface area contributed by atoms with Gasteiger partial charge in [-0.2, -0.15) is 4.99 Å². The van der Waals surface area contributed by atoms with Crippen molar-refractivity contribution in [2.24, 2.45) is 25.4 Å². The van der Waals surface area contributed by atoms with E-state index in [2.05, 4.69) is 25.4 Å². The second-order valence-electron chi connectivity index (χ2n) is 3.63. The summed E-state index contributed by atoms with van der Waals surface area (Å²) in [6.45, 7) is 1.93. The maximum Gasteiger partial charge on any atom is 0.303 e. The maximum absolute atomic E-state index is 11.7. The molecule has 0 aliphatic carbocycles. The van der Waals surface area contributed by atoms with Crippen molar-refractivity contribution in [3.05, 3.63) is 35.4 Å². The van der Waals surface area contributed by atoms with E-state index < -0.39 is 5.91 Å². The normalized spacial score (nSPS) is 17.5. The Morgan fingerprint density at radius 3 is 2.71 bits per heavy atom. The Balaban J connectivity index is 2.12. The van der Waals surface area contributed by atoms with E-state index in [0.717, 1.165) is 11.1 Å². The van der Waals surface area contributed by atoms with E-state index in [0.29, 0.717) is 5.84 Å². The van der Waals surface area contributed by atoms with Crippen molar-refractivity contribution >= 4 is 23.3 Å². The average Bonchev–Trinajstić information content (AvgIpc) is 2.78. The third-order valence-corrected chi connectivity index (χ3v) is 2.50. The van der Waals surface area contributed by atoms with Gasteiger partial charge >= 0.3 is 5.91 Å². The summed E-state index contributed by atoms with van der Waals surface area (Å²) in [5.74, 6) is 0.157. The Bertz CT molecular complexity index is 639. The molecule has 0 saturated carbocycles. The first-order valence-electron chi connectivity index (χ1n) is 5.02. The third kappa shape index (κ3) is 1.50. The monoisotopic (exact) mass is 225 g/mol. The van der Waals surface area contributed by atoms with Gasteiger partial charge in [0.2, 0.25) is 11.5 Å². The molecule has 1 amide bonds. The van der Waals surface area contributed by atoms with Crippen LogP contribution in [-0.4, -0.2) is 23.3 Å². The van der Waals surface area contributed by atoms with E-state index in [1.807, 2.05) is 31.2 Å². The van der Waals surface area contributed by atoms with Crippen molar-refractivity contribution in [2.45, 2.75) is 6.92 Å². The van der Waals surface area contributed by atoms with Crippen molar-refractivity contribution in [2.75, 3.05) is 0 Å². The smallest absolute Gasteiger partial charge is 0.265 e. The molecule has 1 aromatic carbocycles. The molecule has 82 valence electrons. The van der Waals surface area contributed by atoms with Gasteiger partial charge in [-0.1, -0.05) is 24.3 Å². The minimum absolute atomic E-state index is 0.113. The summed E-state index contributed by atoms with van der Waals surface area (Å²) in [6.07, 6.45) is 0. The minimum Gasteiger partial charge on any atom is -0.265 e. The van der Waals surface area contributed by atoms with E-state index in [-0.39, 0.29) is 11.5 Å². The summed E-state index contributed by atoms with van der Waals surface area (Å²) in [7, 11) is 0. The van der Waals surface area contributed by atoms with Crippen molar-refractivity contribution in [1.82, 2.24) is 0 Å². The van der Waals surface area contributed by atoms with E-state index in [1.165, 1.54) is 0 Å². The number of aryl methyl sites for hydroxylation is 1. The fourth-order valence-corrected chi connectivity index (χ4v) is 1.63. The Labute approximate surface area is 96.5 Å². The lowest BCUT2D eigenvalue weighted by molar-refractivity contribution is -0.111. The maximum atomic E-state index is 11.7. The Morgan fingerprint density at radius 2 is 1.88 bits per heavy atom. The van der Waals surface area contributed by atoms with Crippen LogP contribution >= 0.6 is 0 Å². The summed E-state index contributed by atoms with van der Waals surface area (Å²) in [6, 6.07) is 7.58. The van der Waals surface area contributed by atoms with Gasteiger partial charge in [0.1, 0.15) is 0 Å². The molecule has 0 radical (unpaired) electrons. The number of carbonyl (C=O) groups excluding carboxylic acids is 1. The first-order valence-corrected chi connectivity index (χ1v) is 5.02. The number of amides is 1. The zero-order valence-corrected chi connectivity index (χ0v) is 8.95. The Hall–Kier alpha value is -2.50. The largest absolute Gasteiger partial charge is 0.303 e. The lowest BCUT2D eigenvalue weighted by Gasteiger charge is -2.08. The molecule has 2 aliphatic heterocycles. The van der Waals surface area contributed by atoms with Crippen LogP contribution in [0.25, 0.3) is 0 Å². The lowest BCUT2D eigenvalue weighted by atomic mass is 10.1. The fourth-order valence-electron chi connectivity index (χ4n) is 1.63. The van der Waals surface area contributed by atoms with Gasteiger partial charge in [-0.3, -0.25) is 4.79 Å². The van der Waals surface area contributed by atoms with Gasteiger partial charge in [0, 0.05) is 5.56 Å². The highest BCUT2D eigenvalue weighted by atomic mass is 16.1. The van der Waals surface area contributed by atoms with Gasteiger partial charge in [-0.15, -0.1) is 10.2 Å². The first-order chi connectivity index (χ1) is 8.25. The SMILES string of the molecule is Cc1ccccc1C1=NC(=O)C2=NN=NC2=N1. The second kappa shape index (κ2) is 3.51. The average molecular weight is 225 g/mol. The molecular weight excluding hydrogens is 218 g/mol. The summed E-state index contributed by atoms with van der Waals surface area (Å²) in [5, 5.41) is 10.7. The molecule has 3 rings (SSSR count). The molecule has 0 aromatic heterocycles. The van der Waals surface area contributed by atoms with Crippen LogP contribution in [0.15, 0.2) is 49.7 Å². The fraction of sp³-hybridized carbons (Fsp3) is 0.0909. The van der Waals surface area contributed by atoms with Crippen LogP contribution in [0.3, 0.4) is 0 Å². The van der Waals surface area contributed by atoms with Crippen LogP contribution in [-0.2, 0) is 4.79 Å². The van der Waals surface area contributed by atoms with Gasteiger partial charge in [0.25, 0.3) is 0 Å². The predicted molar refractivity (Wildman–Crippen MR) is 62.4 cm³/mol. The van der Waals surface area contributed by atoms with Gasteiger partial charge in [0.05, 0.1) is 0 Å². The minimum atomic E-state index is -0.446. The summed E-state index contributed by atoms with van der Waals surface area (Å²) in [4.78, 5) is 19.7. The van der Waals surface area contributed by atoms with Crippen LogP contribution in [0.4, 0.5) is 0 Å². The summed E-state index contributed by atoms with van der Waals surface area (Å²) >= 11 is 0. The van der Waals surface area contributed by atoms with Crippen molar-refractivity contribution in [3.8, 4) is 0 Å². The lowest BCUT2D eigenvalue weighted by Crippen LogP contribution is -2.26. The van der Waals surface area contributed by atoms with E-state index in [9.17, 15) is 4.79 Å². The molecule has 0 bridgehead atoms. The number of hydrogen-bond acceptors (Lipinski definition) is 5. The number of rotatable bonds is 1.